The molecular formula is C23H26N6O2. The Morgan fingerprint density at radius 2 is 1.97 bits per heavy atom. The molecule has 160 valence electrons. The molecule has 3 aromatic rings. The average molecular weight is 419 g/mol. The van der Waals surface area contributed by atoms with Crippen LogP contribution in [0.3, 0.4) is 0 Å². The zero-order valence-corrected chi connectivity index (χ0v) is 17.2. The Balaban J connectivity index is 1.36. The Kier molecular flexibility index (Phi) is 6.40. The van der Waals surface area contributed by atoms with Gasteiger partial charge < -0.3 is 5.73 Å². The van der Waals surface area contributed by atoms with Crippen LogP contribution in [0, 0.1) is 0 Å². The van der Waals surface area contributed by atoms with Crippen LogP contribution in [0.5, 0.6) is 0 Å². The van der Waals surface area contributed by atoms with Crippen molar-refractivity contribution < 1.29 is 10.0 Å². The summed E-state index contributed by atoms with van der Waals surface area (Å²) in [5.41, 5.74) is 12.2. The van der Waals surface area contributed by atoms with Crippen molar-refractivity contribution in [1.29, 1.82) is 0 Å². The van der Waals surface area contributed by atoms with Gasteiger partial charge >= 0.3 is 0 Å². The standard InChI is InChI=1S/C23H26N6O2/c24-19-8-10-21(11-9-19)29-16-20(25-27-29)13-15-28-14-1-2-22(28)18-6-3-17(4-7-18)5-12-23(30)26-31/h3-12,16,22,31H,1-2,13-15,24H2,(H,26,30)/b12-5+. The fraction of sp³-hybridized carbons (Fsp3) is 0.261. The molecule has 0 aliphatic carbocycles. The van der Waals surface area contributed by atoms with Crippen LogP contribution in [-0.2, 0) is 11.2 Å². The summed E-state index contributed by atoms with van der Waals surface area (Å²) < 4.78 is 1.78. The van der Waals surface area contributed by atoms with E-state index in [9.17, 15) is 4.79 Å². The summed E-state index contributed by atoms with van der Waals surface area (Å²) in [6.45, 7) is 1.98. The fourth-order valence-corrected chi connectivity index (χ4v) is 3.93. The summed E-state index contributed by atoms with van der Waals surface area (Å²) in [7, 11) is 0. The number of nitrogens with one attached hydrogen (secondary N) is 1. The third-order valence-electron chi connectivity index (χ3n) is 5.58. The first-order valence-electron chi connectivity index (χ1n) is 10.4. The minimum Gasteiger partial charge on any atom is -0.399 e. The molecule has 2 aromatic carbocycles. The smallest absolute Gasteiger partial charge is 0.267 e. The highest BCUT2D eigenvalue weighted by Gasteiger charge is 2.25. The summed E-state index contributed by atoms with van der Waals surface area (Å²) in [6, 6.07) is 16.1. The van der Waals surface area contributed by atoms with Crippen molar-refractivity contribution in [1.82, 2.24) is 25.4 Å². The highest BCUT2D eigenvalue weighted by atomic mass is 16.5. The van der Waals surface area contributed by atoms with E-state index in [-0.39, 0.29) is 0 Å². The molecule has 1 fully saturated rings. The van der Waals surface area contributed by atoms with Gasteiger partial charge in [0, 0.05) is 30.8 Å². The normalized spacial score (nSPS) is 16.7. The van der Waals surface area contributed by atoms with Gasteiger partial charge in [0.15, 0.2) is 0 Å². The van der Waals surface area contributed by atoms with Crippen LogP contribution in [0.25, 0.3) is 11.8 Å². The topological polar surface area (TPSA) is 109 Å². The number of benzene rings is 2. The van der Waals surface area contributed by atoms with E-state index >= 15 is 0 Å². The van der Waals surface area contributed by atoms with Crippen LogP contribution < -0.4 is 11.2 Å². The number of rotatable bonds is 7. The van der Waals surface area contributed by atoms with Crippen molar-refractivity contribution in [2.75, 3.05) is 18.8 Å². The van der Waals surface area contributed by atoms with Crippen molar-refractivity contribution >= 4 is 17.7 Å². The molecule has 8 heteroatoms. The first kappa shape index (κ1) is 20.8. The maximum atomic E-state index is 11.1. The van der Waals surface area contributed by atoms with Crippen LogP contribution in [0.15, 0.2) is 60.8 Å². The number of carbonyl (C=O) groups is 1. The first-order chi connectivity index (χ1) is 15.1. The summed E-state index contributed by atoms with van der Waals surface area (Å²) in [5.74, 6) is -0.542. The monoisotopic (exact) mass is 418 g/mol. The van der Waals surface area contributed by atoms with Gasteiger partial charge in [-0.05, 0) is 60.9 Å². The summed E-state index contributed by atoms with van der Waals surface area (Å²) in [5, 5.41) is 17.1. The minimum atomic E-state index is -0.542. The van der Waals surface area contributed by atoms with Gasteiger partial charge in [-0.15, -0.1) is 5.10 Å². The molecule has 31 heavy (non-hydrogen) atoms. The second-order valence-electron chi connectivity index (χ2n) is 7.67. The Hall–Kier alpha value is -3.49. The van der Waals surface area contributed by atoms with Crippen LogP contribution >= 0.6 is 0 Å². The second kappa shape index (κ2) is 9.55. The van der Waals surface area contributed by atoms with Gasteiger partial charge in [-0.2, -0.15) is 0 Å². The molecule has 1 aromatic heterocycles. The van der Waals surface area contributed by atoms with Crippen LogP contribution in [0.2, 0.25) is 0 Å². The van der Waals surface area contributed by atoms with Crippen LogP contribution in [0.4, 0.5) is 5.69 Å². The maximum absolute atomic E-state index is 11.1. The third kappa shape index (κ3) is 5.17. The van der Waals surface area contributed by atoms with E-state index in [4.69, 9.17) is 10.9 Å². The van der Waals surface area contributed by atoms with Gasteiger partial charge in [0.1, 0.15) is 0 Å². The summed E-state index contributed by atoms with van der Waals surface area (Å²) >= 11 is 0. The summed E-state index contributed by atoms with van der Waals surface area (Å²) in [4.78, 5) is 13.6. The Labute approximate surface area is 180 Å². The molecular weight excluding hydrogens is 392 g/mol. The zero-order chi connectivity index (χ0) is 21.6. The number of nitrogen functional groups attached to an aromatic ring is 1. The van der Waals surface area contributed by atoms with Crippen LogP contribution in [0.1, 0.15) is 35.7 Å². The number of carbonyl (C=O) groups excluding carboxylic acids is 1. The van der Waals surface area contributed by atoms with Gasteiger partial charge in [0.2, 0.25) is 0 Å². The van der Waals surface area contributed by atoms with Gasteiger partial charge in [0.25, 0.3) is 5.91 Å². The average Bonchev–Trinajstić information content (AvgIpc) is 3.46. The highest BCUT2D eigenvalue weighted by molar-refractivity contribution is 5.90. The first-order valence-corrected chi connectivity index (χ1v) is 10.4. The molecule has 2 heterocycles. The molecule has 0 spiro atoms. The lowest BCUT2D eigenvalue weighted by Crippen LogP contribution is -2.25. The lowest BCUT2D eigenvalue weighted by atomic mass is 10.0. The van der Waals surface area contributed by atoms with Gasteiger partial charge in [-0.3, -0.25) is 14.9 Å². The zero-order valence-electron chi connectivity index (χ0n) is 17.2. The van der Waals surface area contributed by atoms with Crippen LogP contribution in [-0.4, -0.2) is 44.1 Å². The molecule has 1 aliphatic heterocycles. The molecule has 4 rings (SSSR count). The van der Waals surface area contributed by atoms with Crippen molar-refractivity contribution in [2.45, 2.75) is 25.3 Å². The maximum Gasteiger partial charge on any atom is 0.267 e. The third-order valence-corrected chi connectivity index (χ3v) is 5.58. The van der Waals surface area contributed by atoms with E-state index in [2.05, 4.69) is 27.3 Å². The molecule has 4 N–H and O–H groups in total. The SMILES string of the molecule is Nc1ccc(-n2cc(CCN3CCCC3c3ccc(/C=C/C(=O)NO)cc3)nn2)cc1. The second-order valence-corrected chi connectivity index (χ2v) is 7.67. The Morgan fingerprint density at radius 3 is 2.71 bits per heavy atom. The molecule has 0 saturated carbocycles. The number of likely N-dealkylation sites (tertiary alicyclic amines) is 1. The number of hydrogen-bond donors (Lipinski definition) is 3. The molecule has 1 saturated heterocycles. The van der Waals surface area contributed by atoms with E-state index in [0.717, 1.165) is 48.6 Å². The van der Waals surface area contributed by atoms with Crippen molar-refractivity contribution in [3.8, 4) is 5.69 Å². The van der Waals surface area contributed by atoms with Crippen molar-refractivity contribution in [2.24, 2.45) is 0 Å². The largest absolute Gasteiger partial charge is 0.399 e. The highest BCUT2D eigenvalue weighted by Crippen LogP contribution is 2.32. The summed E-state index contributed by atoms with van der Waals surface area (Å²) in [6.07, 6.45) is 8.07. The number of nitrogens with zero attached hydrogens (tertiary/aromatic N) is 4. The van der Waals surface area contributed by atoms with E-state index in [0.29, 0.717) is 6.04 Å². The number of anilines is 1. The molecule has 1 aliphatic rings. The number of amides is 1. The number of hydrogen-bond acceptors (Lipinski definition) is 6. The van der Waals surface area contributed by atoms with Crippen molar-refractivity contribution in [3.05, 3.63) is 77.6 Å². The Bertz CT molecular complexity index is 1040. The number of hydroxylamine groups is 1. The fourth-order valence-electron chi connectivity index (χ4n) is 3.93. The van der Waals surface area contributed by atoms with E-state index in [1.54, 1.807) is 16.2 Å². The van der Waals surface area contributed by atoms with E-state index < -0.39 is 5.91 Å². The molecule has 1 atom stereocenters. The van der Waals surface area contributed by atoms with Gasteiger partial charge in [0.05, 0.1) is 17.6 Å². The molecule has 8 nitrogen and oxygen atoms in total. The predicted octanol–water partition coefficient (Wildman–Crippen LogP) is 2.75. The lowest BCUT2D eigenvalue weighted by molar-refractivity contribution is -0.124. The van der Waals surface area contributed by atoms with Crippen molar-refractivity contribution in [3.63, 3.8) is 0 Å². The number of aromatic nitrogens is 3. The predicted molar refractivity (Wildman–Crippen MR) is 118 cm³/mol. The molecule has 0 bridgehead atoms. The van der Waals surface area contributed by atoms with E-state index in [1.165, 1.54) is 18.1 Å². The lowest BCUT2D eigenvalue weighted by Gasteiger charge is -2.24. The minimum absolute atomic E-state index is 0.380. The van der Waals surface area contributed by atoms with E-state index in [1.807, 2.05) is 42.6 Å². The molecule has 1 amide bonds. The molecule has 1 unspecified atom stereocenters. The quantitative estimate of drug-likeness (QED) is 0.236. The van der Waals surface area contributed by atoms with Gasteiger partial charge in [-0.1, -0.05) is 29.5 Å². The molecule has 0 radical (unpaired) electrons. The number of nitrogens with two attached hydrogens (primary N) is 1. The van der Waals surface area contributed by atoms with Gasteiger partial charge in [-0.25, -0.2) is 10.2 Å². The Morgan fingerprint density at radius 1 is 1.19 bits per heavy atom.